The predicted molar refractivity (Wildman–Crippen MR) is 60.2 cm³/mol. The molecule has 0 heterocycles. The maximum Gasteiger partial charge on any atom is 0.374 e. The topological polar surface area (TPSA) is 63.2 Å². The molecule has 0 aromatic heterocycles. The third-order valence-corrected chi connectivity index (χ3v) is 2.09. The zero-order valence-corrected chi connectivity index (χ0v) is 11.2. The molecular weight excluding hydrogens is 247 g/mol. The number of hydrogen-bond donors (Lipinski definition) is 0. The minimum Gasteiger partial charge on any atom is -0.376 e. The molecule has 0 radical (unpaired) electrons. The Morgan fingerprint density at radius 1 is 1.06 bits per heavy atom. The molecule has 3 unspecified atom stereocenters. The molecule has 0 aliphatic heterocycles. The fourth-order valence-corrected chi connectivity index (χ4v) is 1.13. The van der Waals surface area contributed by atoms with Crippen molar-refractivity contribution in [2.75, 3.05) is 19.8 Å². The van der Waals surface area contributed by atoms with Crippen LogP contribution in [0.25, 0.3) is 0 Å². The van der Waals surface area contributed by atoms with Crippen LogP contribution in [0.5, 0.6) is 0 Å². The van der Waals surface area contributed by atoms with E-state index in [9.17, 15) is 9.32 Å². The Morgan fingerprint density at radius 2 is 1.61 bits per heavy atom. The first-order chi connectivity index (χ1) is 8.51. The first-order valence-corrected chi connectivity index (χ1v) is 5.85. The second-order valence-electron chi connectivity index (χ2n) is 3.85. The largest absolute Gasteiger partial charge is 0.376 e. The van der Waals surface area contributed by atoms with Crippen molar-refractivity contribution in [1.82, 2.24) is 0 Å². The molecule has 0 aliphatic carbocycles. The normalized spacial score (nSPS) is 16.1. The van der Waals surface area contributed by atoms with Gasteiger partial charge in [0.25, 0.3) is 0 Å². The lowest BCUT2D eigenvalue weighted by Gasteiger charge is -2.18. The van der Waals surface area contributed by atoms with Crippen molar-refractivity contribution in [3.8, 4) is 0 Å². The lowest BCUT2D eigenvalue weighted by molar-refractivity contribution is -0.401. The SMILES string of the molecule is CCOC(C)COC(C)COC(C)C(=O)OOF. The molecular formula is C11H21FO6. The Kier molecular flexibility index (Phi) is 9.76. The van der Waals surface area contributed by atoms with Gasteiger partial charge < -0.3 is 14.2 Å². The van der Waals surface area contributed by atoms with Crippen LogP contribution in [-0.4, -0.2) is 44.1 Å². The zero-order chi connectivity index (χ0) is 14.0. The number of carbonyl (C=O) groups is 1. The Labute approximate surface area is 106 Å². The smallest absolute Gasteiger partial charge is 0.374 e. The molecule has 6 nitrogen and oxygen atoms in total. The molecule has 0 saturated carbocycles. The second kappa shape index (κ2) is 10.2. The van der Waals surface area contributed by atoms with Crippen LogP contribution in [0, 0.1) is 0 Å². The quantitative estimate of drug-likeness (QED) is 0.443. The van der Waals surface area contributed by atoms with Gasteiger partial charge in [-0.25, -0.2) is 4.79 Å². The van der Waals surface area contributed by atoms with Crippen LogP contribution < -0.4 is 0 Å². The van der Waals surface area contributed by atoms with Crippen LogP contribution in [-0.2, 0) is 29.0 Å². The Bertz CT molecular complexity index is 226. The monoisotopic (exact) mass is 268 g/mol. The second-order valence-corrected chi connectivity index (χ2v) is 3.85. The molecule has 7 heteroatoms. The first kappa shape index (κ1) is 17.2. The highest BCUT2D eigenvalue weighted by Crippen LogP contribution is 2.01. The predicted octanol–water partition coefficient (Wildman–Crippen LogP) is 1.58. The molecule has 0 N–H and O–H groups in total. The molecule has 0 rings (SSSR count). The number of halogens is 1. The summed E-state index contributed by atoms with van der Waals surface area (Å²) < 4.78 is 27.1. The zero-order valence-electron chi connectivity index (χ0n) is 11.2. The van der Waals surface area contributed by atoms with E-state index >= 15 is 0 Å². The molecule has 108 valence electrons. The van der Waals surface area contributed by atoms with Gasteiger partial charge in [-0.2, -0.15) is 0 Å². The summed E-state index contributed by atoms with van der Waals surface area (Å²) in [4.78, 5) is 14.6. The van der Waals surface area contributed by atoms with Crippen LogP contribution in [0.4, 0.5) is 4.53 Å². The third-order valence-electron chi connectivity index (χ3n) is 2.09. The molecule has 0 bridgehead atoms. The summed E-state index contributed by atoms with van der Waals surface area (Å²) in [5.74, 6) is -0.938. The van der Waals surface area contributed by atoms with E-state index in [4.69, 9.17) is 14.2 Å². The van der Waals surface area contributed by atoms with E-state index in [-0.39, 0.29) is 18.8 Å². The molecule has 18 heavy (non-hydrogen) atoms. The summed E-state index contributed by atoms with van der Waals surface area (Å²) in [6.45, 7) is 8.27. The molecule has 3 atom stereocenters. The average molecular weight is 268 g/mol. The van der Waals surface area contributed by atoms with Crippen molar-refractivity contribution in [2.24, 2.45) is 0 Å². The van der Waals surface area contributed by atoms with Gasteiger partial charge in [0.15, 0.2) is 6.10 Å². The Morgan fingerprint density at radius 3 is 2.17 bits per heavy atom. The van der Waals surface area contributed by atoms with Crippen LogP contribution in [0.15, 0.2) is 0 Å². The lowest BCUT2D eigenvalue weighted by atomic mass is 10.4. The van der Waals surface area contributed by atoms with Crippen molar-refractivity contribution in [1.29, 1.82) is 0 Å². The van der Waals surface area contributed by atoms with Gasteiger partial charge in [0, 0.05) is 11.7 Å². The highest BCUT2D eigenvalue weighted by Gasteiger charge is 2.18. The number of hydrogen-bond acceptors (Lipinski definition) is 6. The summed E-state index contributed by atoms with van der Waals surface area (Å²) in [7, 11) is 0. The highest BCUT2D eigenvalue weighted by atomic mass is 19.3. The molecule has 0 amide bonds. The Hall–Kier alpha value is -0.760. The van der Waals surface area contributed by atoms with E-state index in [1.807, 2.05) is 13.8 Å². The summed E-state index contributed by atoms with van der Waals surface area (Å²) in [5.41, 5.74) is 0. The van der Waals surface area contributed by atoms with E-state index < -0.39 is 12.1 Å². The minimum absolute atomic E-state index is 0.000207. The van der Waals surface area contributed by atoms with Crippen LogP contribution >= 0.6 is 0 Å². The maximum atomic E-state index is 11.2. The van der Waals surface area contributed by atoms with Gasteiger partial charge in [-0.1, -0.05) is 0 Å². The minimum atomic E-state index is -0.938. The van der Waals surface area contributed by atoms with Crippen molar-refractivity contribution in [3.05, 3.63) is 0 Å². The van der Waals surface area contributed by atoms with Gasteiger partial charge in [-0.3, -0.25) is 4.89 Å². The van der Waals surface area contributed by atoms with Gasteiger partial charge >= 0.3 is 5.97 Å². The fraction of sp³-hybridized carbons (Fsp3) is 0.909. The average Bonchev–Trinajstić information content (AvgIpc) is 2.34. The van der Waals surface area contributed by atoms with Crippen molar-refractivity contribution in [2.45, 2.75) is 46.0 Å². The summed E-state index contributed by atoms with van der Waals surface area (Å²) in [6, 6.07) is 0. The molecule has 0 fully saturated rings. The number of carbonyl (C=O) groups excluding carboxylic acids is 1. The van der Waals surface area contributed by atoms with E-state index in [0.717, 1.165) is 0 Å². The summed E-state index contributed by atoms with van der Waals surface area (Å²) >= 11 is 0. The van der Waals surface area contributed by atoms with Crippen molar-refractivity contribution in [3.63, 3.8) is 0 Å². The first-order valence-electron chi connectivity index (χ1n) is 5.85. The molecule has 0 aliphatic rings. The number of ether oxygens (including phenoxy) is 3. The molecule has 0 aromatic rings. The van der Waals surface area contributed by atoms with Crippen LogP contribution in [0.3, 0.4) is 0 Å². The van der Waals surface area contributed by atoms with Gasteiger partial charge in [-0.05, 0) is 32.2 Å². The highest BCUT2D eigenvalue weighted by molar-refractivity contribution is 5.73. The van der Waals surface area contributed by atoms with Gasteiger partial charge in [-0.15, -0.1) is 0 Å². The summed E-state index contributed by atoms with van der Waals surface area (Å²) in [5, 5.41) is 2.76. The molecule has 0 saturated heterocycles. The van der Waals surface area contributed by atoms with Gasteiger partial charge in [0.05, 0.1) is 25.4 Å². The van der Waals surface area contributed by atoms with Crippen LogP contribution in [0.1, 0.15) is 27.7 Å². The van der Waals surface area contributed by atoms with Crippen molar-refractivity contribution < 1.29 is 33.5 Å². The van der Waals surface area contributed by atoms with Crippen molar-refractivity contribution >= 4 is 5.97 Å². The lowest BCUT2D eigenvalue weighted by Crippen LogP contribution is -2.29. The van der Waals surface area contributed by atoms with E-state index in [2.05, 4.69) is 9.98 Å². The maximum absolute atomic E-state index is 11.2. The number of rotatable bonds is 10. The van der Waals surface area contributed by atoms with E-state index in [1.165, 1.54) is 6.92 Å². The van der Waals surface area contributed by atoms with E-state index in [0.29, 0.717) is 13.2 Å². The van der Waals surface area contributed by atoms with Gasteiger partial charge in [0.2, 0.25) is 0 Å². The fourth-order valence-electron chi connectivity index (χ4n) is 1.13. The van der Waals surface area contributed by atoms with E-state index in [1.54, 1.807) is 6.92 Å². The van der Waals surface area contributed by atoms with Crippen LogP contribution in [0.2, 0.25) is 0 Å². The summed E-state index contributed by atoms with van der Waals surface area (Å²) in [6.07, 6.45) is -1.13. The molecule has 0 aromatic carbocycles. The van der Waals surface area contributed by atoms with Gasteiger partial charge in [0.1, 0.15) is 0 Å². The third kappa shape index (κ3) is 8.35. The standard InChI is InChI=1S/C11H21FO6/c1-5-14-8(2)6-15-9(3)7-16-10(4)11(13)17-18-12/h8-10H,5-7H2,1-4H3. The molecule has 0 spiro atoms. The Balaban J connectivity index is 3.69.